The molecule has 220 valence electrons. The Labute approximate surface area is 256 Å². The van der Waals surface area contributed by atoms with Crippen LogP contribution in [-0.2, 0) is 6.42 Å². The van der Waals surface area contributed by atoms with Crippen LogP contribution in [-0.4, -0.2) is 20.8 Å². The van der Waals surface area contributed by atoms with Crippen molar-refractivity contribution in [3.8, 4) is 47.5 Å². The normalized spacial score (nSPS) is 12.2. The first-order valence-corrected chi connectivity index (χ1v) is 15.4. The van der Waals surface area contributed by atoms with E-state index in [0.717, 1.165) is 49.3 Å². The lowest BCUT2D eigenvalue weighted by Crippen LogP contribution is -2.18. The zero-order chi connectivity index (χ0) is 30.5. The van der Waals surface area contributed by atoms with Gasteiger partial charge < -0.3 is 16.2 Å². The second-order valence-corrected chi connectivity index (χ2v) is 12.9. The fourth-order valence-corrected chi connectivity index (χ4v) is 7.54. The van der Waals surface area contributed by atoms with Crippen LogP contribution >= 0.6 is 34.4 Å². The van der Waals surface area contributed by atoms with Crippen molar-refractivity contribution in [3.05, 3.63) is 78.4 Å². The van der Waals surface area contributed by atoms with Crippen molar-refractivity contribution in [1.82, 2.24) is 8.75 Å². The molecule has 0 unspecified atom stereocenters. The second-order valence-electron chi connectivity index (χ2n) is 10.2. The van der Waals surface area contributed by atoms with Crippen LogP contribution in [0.4, 0.5) is 28.9 Å². The molecule has 3 heterocycles. The van der Waals surface area contributed by atoms with E-state index in [1.54, 1.807) is 24.3 Å². The van der Waals surface area contributed by atoms with Gasteiger partial charge in [-0.2, -0.15) is 17.5 Å². The van der Waals surface area contributed by atoms with E-state index in [4.69, 9.17) is 11.5 Å². The first-order chi connectivity index (χ1) is 20.4. The smallest absolute Gasteiger partial charge is 0.394 e. The van der Waals surface area contributed by atoms with Crippen LogP contribution in [0.25, 0.3) is 52.8 Å². The standard InChI is InChI=1S/C31H24F4N4OS3/c1-30(32,33)15-16-3-5-17(6-4-16)20-11-13-22(41-20)24-26(36)27(37)25(29-28(24)38-43-39-29)23-14-12-21(42-23)18-7-9-19(10-8-18)40-31(2,34)35/h3-14H,15,36-37H2,1-2H3. The molecule has 0 aliphatic carbocycles. The van der Waals surface area contributed by atoms with Crippen molar-refractivity contribution < 1.29 is 22.3 Å². The number of nitrogen functional groups attached to an aromatic ring is 2. The van der Waals surface area contributed by atoms with Gasteiger partial charge in [-0.1, -0.05) is 24.3 Å². The van der Waals surface area contributed by atoms with Crippen molar-refractivity contribution in [2.45, 2.75) is 32.3 Å². The molecule has 0 radical (unpaired) electrons. The van der Waals surface area contributed by atoms with E-state index in [1.165, 1.54) is 34.8 Å². The Hall–Kier alpha value is -4.00. The van der Waals surface area contributed by atoms with Crippen LogP contribution in [0.5, 0.6) is 5.75 Å². The topological polar surface area (TPSA) is 87.0 Å². The fraction of sp³-hybridized carbons (Fsp3) is 0.161. The molecule has 0 saturated carbocycles. The molecule has 0 fully saturated rings. The Morgan fingerprint density at radius 2 is 1.09 bits per heavy atom. The number of alkyl halides is 4. The summed E-state index contributed by atoms with van der Waals surface area (Å²) in [7, 11) is 0. The van der Waals surface area contributed by atoms with Gasteiger partial charge in [-0.15, -0.1) is 22.7 Å². The highest BCUT2D eigenvalue weighted by atomic mass is 32.1. The van der Waals surface area contributed by atoms with E-state index in [1.807, 2.05) is 36.4 Å². The van der Waals surface area contributed by atoms with Crippen LogP contribution in [0.3, 0.4) is 0 Å². The Morgan fingerprint density at radius 1 is 0.651 bits per heavy atom. The molecule has 0 spiro atoms. The molecule has 6 rings (SSSR count). The third-order valence-corrected chi connectivity index (χ3v) is 9.52. The molecule has 12 heteroatoms. The maximum Gasteiger partial charge on any atom is 0.394 e. The summed E-state index contributed by atoms with van der Waals surface area (Å²) < 4.78 is 67.0. The average Bonchev–Trinajstić information content (AvgIpc) is 3.70. The number of benzene rings is 3. The van der Waals surface area contributed by atoms with Crippen molar-refractivity contribution in [2.24, 2.45) is 0 Å². The molecule has 0 saturated heterocycles. The lowest BCUT2D eigenvalue weighted by atomic mass is 10.0. The maximum absolute atomic E-state index is 13.4. The summed E-state index contributed by atoms with van der Waals surface area (Å²) in [5, 5.41) is 0. The highest BCUT2D eigenvalue weighted by Gasteiger charge is 2.25. The second kappa shape index (κ2) is 10.9. The summed E-state index contributed by atoms with van der Waals surface area (Å²) in [5.41, 5.74) is 19.1. The number of aromatic nitrogens is 2. The van der Waals surface area contributed by atoms with Gasteiger partial charge in [0.05, 0.1) is 23.1 Å². The van der Waals surface area contributed by atoms with Gasteiger partial charge in [0.25, 0.3) is 0 Å². The Balaban J connectivity index is 1.33. The van der Waals surface area contributed by atoms with E-state index < -0.39 is 12.0 Å². The van der Waals surface area contributed by atoms with Gasteiger partial charge in [0.2, 0.25) is 5.92 Å². The number of hydrogen-bond acceptors (Lipinski definition) is 8. The number of rotatable bonds is 8. The zero-order valence-corrected chi connectivity index (χ0v) is 25.3. The van der Waals surface area contributed by atoms with Gasteiger partial charge in [-0.25, -0.2) is 8.78 Å². The highest BCUT2D eigenvalue weighted by Crippen LogP contribution is 2.49. The number of thiophene rings is 2. The number of anilines is 2. The van der Waals surface area contributed by atoms with Gasteiger partial charge in [0.1, 0.15) is 16.8 Å². The quantitative estimate of drug-likeness (QED) is 0.128. The number of nitrogens with two attached hydrogens (primary N) is 2. The number of halogens is 4. The third kappa shape index (κ3) is 6.08. The maximum atomic E-state index is 13.4. The van der Waals surface area contributed by atoms with Crippen molar-refractivity contribution in [2.75, 3.05) is 11.5 Å². The van der Waals surface area contributed by atoms with Crippen molar-refractivity contribution >= 4 is 56.8 Å². The molecule has 5 nitrogen and oxygen atoms in total. The predicted molar refractivity (Wildman–Crippen MR) is 169 cm³/mol. The monoisotopic (exact) mass is 640 g/mol. The van der Waals surface area contributed by atoms with Crippen LogP contribution in [0.1, 0.15) is 19.4 Å². The summed E-state index contributed by atoms with van der Waals surface area (Å²) in [5.74, 6) is -2.69. The number of nitrogens with zero attached hydrogens (tertiary/aromatic N) is 2. The number of fused-ring (bicyclic) bond motifs is 1. The molecular weight excluding hydrogens is 617 g/mol. The van der Waals surface area contributed by atoms with Gasteiger partial charge in [-0.05, 0) is 72.1 Å². The highest BCUT2D eigenvalue weighted by molar-refractivity contribution is 7.19. The van der Waals surface area contributed by atoms with E-state index in [2.05, 4.69) is 13.5 Å². The lowest BCUT2D eigenvalue weighted by molar-refractivity contribution is -0.158. The first-order valence-electron chi connectivity index (χ1n) is 13.0. The first kappa shape index (κ1) is 29.1. The summed E-state index contributed by atoms with van der Waals surface area (Å²) in [6, 6.07) is 21.3. The van der Waals surface area contributed by atoms with E-state index in [0.29, 0.717) is 46.0 Å². The van der Waals surface area contributed by atoms with Crippen LogP contribution in [0.2, 0.25) is 0 Å². The fourth-order valence-electron chi connectivity index (χ4n) is 4.83. The van der Waals surface area contributed by atoms with Gasteiger partial charge in [0, 0.05) is 44.0 Å². The molecule has 3 aromatic heterocycles. The summed E-state index contributed by atoms with van der Waals surface area (Å²) in [4.78, 5) is 3.55. The average molecular weight is 641 g/mol. The molecule has 0 atom stereocenters. The van der Waals surface area contributed by atoms with Crippen LogP contribution < -0.4 is 16.2 Å². The Bertz CT molecular complexity index is 1780. The van der Waals surface area contributed by atoms with E-state index in [9.17, 15) is 17.6 Å². The predicted octanol–water partition coefficient (Wildman–Crippen LogP) is 9.84. The molecule has 0 bridgehead atoms. The van der Waals surface area contributed by atoms with Crippen LogP contribution in [0, 0.1) is 0 Å². The van der Waals surface area contributed by atoms with Crippen molar-refractivity contribution in [3.63, 3.8) is 0 Å². The number of hydrogen-bond donors (Lipinski definition) is 2. The Morgan fingerprint density at radius 3 is 1.53 bits per heavy atom. The molecular formula is C31H24F4N4OS3. The minimum absolute atomic E-state index is 0.0748. The number of ether oxygens (including phenoxy) is 1. The summed E-state index contributed by atoms with van der Waals surface area (Å²) in [6.07, 6.45) is -3.57. The van der Waals surface area contributed by atoms with Crippen molar-refractivity contribution in [1.29, 1.82) is 0 Å². The van der Waals surface area contributed by atoms with E-state index >= 15 is 0 Å². The van der Waals surface area contributed by atoms with E-state index in [-0.39, 0.29) is 12.2 Å². The molecule has 43 heavy (non-hydrogen) atoms. The van der Waals surface area contributed by atoms with Crippen LogP contribution in [0.15, 0.2) is 72.8 Å². The summed E-state index contributed by atoms with van der Waals surface area (Å²) in [6.45, 7) is 1.60. The molecule has 0 amide bonds. The van der Waals surface area contributed by atoms with Gasteiger partial charge in [0.15, 0.2) is 0 Å². The zero-order valence-electron chi connectivity index (χ0n) is 22.8. The van der Waals surface area contributed by atoms with Gasteiger partial charge in [-0.3, -0.25) is 0 Å². The third-order valence-electron chi connectivity index (χ3n) is 6.68. The molecule has 0 aliphatic rings. The minimum atomic E-state index is -3.26. The molecule has 4 N–H and O–H groups in total. The Kier molecular flexibility index (Phi) is 7.39. The minimum Gasteiger partial charge on any atom is -0.433 e. The SMILES string of the molecule is CC(F)(F)Cc1ccc(-c2ccc(-c3c(N)c(N)c(-c4ccc(-c5ccc(OC(C)(F)F)cc5)s4)c4nsnc34)s2)cc1. The summed E-state index contributed by atoms with van der Waals surface area (Å²) >= 11 is 4.05. The lowest BCUT2D eigenvalue weighted by Gasteiger charge is -2.13. The van der Waals surface area contributed by atoms with Gasteiger partial charge >= 0.3 is 6.11 Å². The largest absolute Gasteiger partial charge is 0.433 e. The molecule has 6 aromatic rings. The molecule has 0 aliphatic heterocycles. The molecule has 3 aromatic carbocycles.